The molecule has 5 heteroatoms. The topological polar surface area (TPSA) is 68.2 Å². The molecule has 1 aromatic heterocycles. The van der Waals surface area contributed by atoms with Gasteiger partial charge < -0.3 is 15.2 Å². The molecule has 0 atom stereocenters. The highest BCUT2D eigenvalue weighted by atomic mass is 16.5. The van der Waals surface area contributed by atoms with Crippen LogP contribution < -0.4 is 10.6 Å². The number of anilines is 1. The van der Waals surface area contributed by atoms with Crippen LogP contribution in [0.1, 0.15) is 11.5 Å². The highest BCUT2D eigenvalue weighted by Crippen LogP contribution is 2.33. The molecule has 0 radical (unpaired) electrons. The first-order chi connectivity index (χ1) is 8.29. The van der Waals surface area contributed by atoms with Gasteiger partial charge in [-0.3, -0.25) is 0 Å². The average Bonchev–Trinajstić information content (AvgIpc) is 2.96. The standard InChI is InChI=1S/C12H14N4O/c1-16-6-5-8-9(3-2-4-10(8)16)12-14-11(7-13)17-15-12/h2-4H,5-7,13H2,1H3. The van der Waals surface area contributed by atoms with E-state index in [4.69, 9.17) is 10.3 Å². The fraction of sp³-hybridized carbons (Fsp3) is 0.333. The Morgan fingerprint density at radius 3 is 3.12 bits per heavy atom. The van der Waals surface area contributed by atoms with Gasteiger partial charge in [0, 0.05) is 24.8 Å². The summed E-state index contributed by atoms with van der Waals surface area (Å²) < 4.78 is 5.06. The minimum atomic E-state index is 0.280. The number of benzene rings is 1. The van der Waals surface area contributed by atoms with Gasteiger partial charge in [-0.25, -0.2) is 0 Å². The van der Waals surface area contributed by atoms with E-state index in [0.29, 0.717) is 11.7 Å². The van der Waals surface area contributed by atoms with E-state index in [-0.39, 0.29) is 6.54 Å². The van der Waals surface area contributed by atoms with E-state index in [9.17, 15) is 0 Å². The fourth-order valence-corrected chi connectivity index (χ4v) is 2.25. The number of aromatic nitrogens is 2. The Balaban J connectivity index is 2.09. The Bertz CT molecular complexity index is 549. The summed E-state index contributed by atoms with van der Waals surface area (Å²) in [4.78, 5) is 6.52. The summed E-state index contributed by atoms with van der Waals surface area (Å²) in [5, 5.41) is 3.98. The summed E-state index contributed by atoms with van der Waals surface area (Å²) >= 11 is 0. The molecule has 0 aliphatic carbocycles. The van der Waals surface area contributed by atoms with Crippen molar-refractivity contribution in [2.75, 3.05) is 18.5 Å². The molecule has 5 nitrogen and oxygen atoms in total. The van der Waals surface area contributed by atoms with Crippen LogP contribution in [-0.2, 0) is 13.0 Å². The zero-order valence-electron chi connectivity index (χ0n) is 9.68. The monoisotopic (exact) mass is 230 g/mol. The molecule has 1 aromatic carbocycles. The van der Waals surface area contributed by atoms with Crippen LogP contribution in [-0.4, -0.2) is 23.7 Å². The molecule has 0 fully saturated rings. The van der Waals surface area contributed by atoms with Crippen molar-refractivity contribution >= 4 is 5.69 Å². The smallest absolute Gasteiger partial charge is 0.240 e. The maximum Gasteiger partial charge on any atom is 0.240 e. The van der Waals surface area contributed by atoms with Gasteiger partial charge in [-0.05, 0) is 18.1 Å². The van der Waals surface area contributed by atoms with Gasteiger partial charge in [0.15, 0.2) is 0 Å². The van der Waals surface area contributed by atoms with E-state index in [0.717, 1.165) is 18.5 Å². The molecule has 0 spiro atoms. The lowest BCUT2D eigenvalue weighted by Crippen LogP contribution is -2.12. The first-order valence-corrected chi connectivity index (χ1v) is 5.65. The average molecular weight is 230 g/mol. The van der Waals surface area contributed by atoms with Crippen molar-refractivity contribution in [3.05, 3.63) is 29.7 Å². The second-order valence-electron chi connectivity index (χ2n) is 4.19. The lowest BCUT2D eigenvalue weighted by atomic mass is 10.0. The van der Waals surface area contributed by atoms with Crippen molar-refractivity contribution in [1.29, 1.82) is 0 Å². The fourth-order valence-electron chi connectivity index (χ4n) is 2.25. The van der Waals surface area contributed by atoms with Crippen LogP contribution in [0, 0.1) is 0 Å². The Kier molecular flexibility index (Phi) is 2.33. The number of likely N-dealkylation sites (N-methyl/N-ethyl adjacent to an activating group) is 1. The normalized spacial score (nSPS) is 14.1. The molecule has 17 heavy (non-hydrogen) atoms. The van der Waals surface area contributed by atoms with Crippen molar-refractivity contribution in [1.82, 2.24) is 10.1 Å². The maximum absolute atomic E-state index is 5.47. The zero-order chi connectivity index (χ0) is 11.8. The number of fused-ring (bicyclic) bond motifs is 1. The second kappa shape index (κ2) is 3.85. The molecule has 2 aromatic rings. The molecule has 2 heterocycles. The third kappa shape index (κ3) is 1.59. The highest BCUT2D eigenvalue weighted by molar-refractivity contribution is 5.72. The van der Waals surface area contributed by atoms with Gasteiger partial charge in [0.2, 0.25) is 11.7 Å². The molecule has 2 N–H and O–H groups in total. The predicted octanol–water partition coefficient (Wildman–Crippen LogP) is 1.19. The van der Waals surface area contributed by atoms with Crippen LogP contribution in [0.4, 0.5) is 5.69 Å². The van der Waals surface area contributed by atoms with Gasteiger partial charge in [-0.2, -0.15) is 4.98 Å². The minimum Gasteiger partial charge on any atom is -0.374 e. The lowest BCUT2D eigenvalue weighted by molar-refractivity contribution is 0.380. The number of nitrogens with zero attached hydrogens (tertiary/aromatic N) is 3. The molecular formula is C12H14N4O. The molecule has 0 unspecified atom stereocenters. The number of nitrogens with two attached hydrogens (primary N) is 1. The van der Waals surface area contributed by atoms with Crippen molar-refractivity contribution < 1.29 is 4.52 Å². The van der Waals surface area contributed by atoms with Gasteiger partial charge in [0.25, 0.3) is 0 Å². The Hall–Kier alpha value is -1.88. The molecular weight excluding hydrogens is 216 g/mol. The molecule has 0 bridgehead atoms. The number of hydrogen-bond donors (Lipinski definition) is 1. The van der Waals surface area contributed by atoms with Gasteiger partial charge >= 0.3 is 0 Å². The summed E-state index contributed by atoms with van der Waals surface area (Å²) in [6.07, 6.45) is 1.02. The third-order valence-corrected chi connectivity index (χ3v) is 3.14. The summed E-state index contributed by atoms with van der Waals surface area (Å²) in [5.41, 5.74) is 9.07. The van der Waals surface area contributed by atoms with Crippen LogP contribution in [0.2, 0.25) is 0 Å². The quantitative estimate of drug-likeness (QED) is 0.839. The molecule has 0 amide bonds. The van der Waals surface area contributed by atoms with E-state index in [1.54, 1.807) is 0 Å². The number of hydrogen-bond acceptors (Lipinski definition) is 5. The summed E-state index contributed by atoms with van der Waals surface area (Å²) in [7, 11) is 2.09. The van der Waals surface area contributed by atoms with Crippen molar-refractivity contribution in [3.8, 4) is 11.4 Å². The molecule has 1 aliphatic rings. The molecule has 0 saturated heterocycles. The molecule has 0 saturated carbocycles. The van der Waals surface area contributed by atoms with E-state index >= 15 is 0 Å². The predicted molar refractivity (Wildman–Crippen MR) is 64.6 cm³/mol. The van der Waals surface area contributed by atoms with E-state index in [2.05, 4.69) is 28.2 Å². The zero-order valence-corrected chi connectivity index (χ0v) is 9.68. The Morgan fingerprint density at radius 2 is 2.35 bits per heavy atom. The molecule has 1 aliphatic heterocycles. The third-order valence-electron chi connectivity index (χ3n) is 3.14. The minimum absolute atomic E-state index is 0.280. The van der Waals surface area contributed by atoms with E-state index < -0.39 is 0 Å². The maximum atomic E-state index is 5.47. The van der Waals surface area contributed by atoms with Crippen molar-refractivity contribution in [3.63, 3.8) is 0 Å². The number of rotatable bonds is 2. The van der Waals surface area contributed by atoms with Crippen molar-refractivity contribution in [2.45, 2.75) is 13.0 Å². The van der Waals surface area contributed by atoms with Crippen molar-refractivity contribution in [2.24, 2.45) is 5.73 Å². The lowest BCUT2D eigenvalue weighted by Gasteiger charge is -2.11. The molecule has 88 valence electrons. The SMILES string of the molecule is CN1CCc2c(-c3noc(CN)n3)cccc21. The van der Waals surface area contributed by atoms with Crippen LogP contribution in [0.15, 0.2) is 22.7 Å². The Labute approximate surface area is 99.2 Å². The van der Waals surface area contributed by atoms with E-state index in [1.807, 2.05) is 12.1 Å². The van der Waals surface area contributed by atoms with Gasteiger partial charge in [-0.15, -0.1) is 0 Å². The summed E-state index contributed by atoms with van der Waals surface area (Å²) in [6, 6.07) is 6.17. The summed E-state index contributed by atoms with van der Waals surface area (Å²) in [5.74, 6) is 1.11. The van der Waals surface area contributed by atoms with Crippen LogP contribution in [0.25, 0.3) is 11.4 Å². The van der Waals surface area contributed by atoms with E-state index in [1.165, 1.54) is 11.3 Å². The summed E-state index contributed by atoms with van der Waals surface area (Å²) in [6.45, 7) is 1.32. The first kappa shape index (κ1) is 10.3. The van der Waals surface area contributed by atoms with Gasteiger partial charge in [0.1, 0.15) is 0 Å². The first-order valence-electron chi connectivity index (χ1n) is 5.65. The second-order valence-corrected chi connectivity index (χ2v) is 4.19. The van der Waals surface area contributed by atoms with Crippen LogP contribution >= 0.6 is 0 Å². The Morgan fingerprint density at radius 1 is 1.47 bits per heavy atom. The van der Waals surface area contributed by atoms with Crippen LogP contribution in [0.5, 0.6) is 0 Å². The van der Waals surface area contributed by atoms with Gasteiger partial charge in [0.05, 0.1) is 6.54 Å². The van der Waals surface area contributed by atoms with Gasteiger partial charge in [-0.1, -0.05) is 17.3 Å². The highest BCUT2D eigenvalue weighted by Gasteiger charge is 2.21. The largest absolute Gasteiger partial charge is 0.374 e. The molecule has 3 rings (SSSR count). The van der Waals surface area contributed by atoms with Crippen LogP contribution in [0.3, 0.4) is 0 Å².